The molecule has 0 spiro atoms. The third-order valence-corrected chi connectivity index (χ3v) is 7.88. The molecule has 1 atom stereocenters. The van der Waals surface area contributed by atoms with Crippen molar-refractivity contribution >= 4 is 34.0 Å². The van der Waals surface area contributed by atoms with Crippen LogP contribution in [0, 0.1) is 0 Å². The molecule has 0 fully saturated rings. The van der Waals surface area contributed by atoms with E-state index in [0.717, 1.165) is 0 Å². The summed E-state index contributed by atoms with van der Waals surface area (Å²) in [6, 6.07) is 46.2. The quantitative estimate of drug-likeness (QED) is 0.232. The van der Waals surface area contributed by atoms with Crippen LogP contribution in [0.1, 0.15) is 5.56 Å². The number of benzene rings is 5. The fourth-order valence-electron chi connectivity index (χ4n) is 6.25. The van der Waals surface area contributed by atoms with Gasteiger partial charge in [0.15, 0.2) is 0 Å². The van der Waals surface area contributed by atoms with Crippen LogP contribution in [0.3, 0.4) is 0 Å². The summed E-state index contributed by atoms with van der Waals surface area (Å²) in [6.07, 6.45) is 6.79. The fourth-order valence-corrected chi connectivity index (χ4v) is 6.25. The van der Waals surface area contributed by atoms with Gasteiger partial charge in [-0.3, -0.25) is 0 Å². The molecule has 0 saturated heterocycles. The fraction of sp³-hybridized carbons (Fsp3) is 0.0278. The molecule has 0 saturated carbocycles. The smallest absolute Gasteiger partial charge is 0.235 e. The Morgan fingerprint density at radius 2 is 1.16 bits per heavy atom. The van der Waals surface area contributed by atoms with Crippen LogP contribution in [0.25, 0.3) is 27.8 Å². The van der Waals surface area contributed by atoms with Crippen LogP contribution in [0.4, 0.5) is 22.7 Å². The molecule has 0 bridgehead atoms. The first-order valence-electron chi connectivity index (χ1n) is 13.2. The minimum Gasteiger partial charge on any atom is -0.318 e. The summed E-state index contributed by atoms with van der Waals surface area (Å²) in [5.74, 6) is 0. The van der Waals surface area contributed by atoms with Crippen LogP contribution in [0.5, 0.6) is 0 Å². The lowest BCUT2D eigenvalue weighted by atomic mass is 9.91. The van der Waals surface area contributed by atoms with Crippen molar-refractivity contribution in [1.82, 2.24) is 4.58 Å². The van der Waals surface area contributed by atoms with Crippen molar-refractivity contribution in [2.45, 2.75) is 6.04 Å². The highest BCUT2D eigenvalue weighted by molar-refractivity contribution is 6.21. The Kier molecular flexibility index (Phi) is 4.62. The van der Waals surface area contributed by atoms with E-state index >= 15 is 0 Å². The van der Waals surface area contributed by atoms with Crippen LogP contribution in [0.2, 0.25) is 0 Å². The molecule has 0 N–H and O–H groups in total. The maximum absolute atomic E-state index is 2.52. The van der Waals surface area contributed by atoms with Gasteiger partial charge in [0.1, 0.15) is 11.7 Å². The molecule has 0 radical (unpaired) electrons. The van der Waals surface area contributed by atoms with Crippen molar-refractivity contribution in [3.8, 4) is 22.3 Å². The van der Waals surface area contributed by atoms with Gasteiger partial charge in [-0.25, -0.2) is 0 Å². The number of nitrogens with zero attached hydrogens (tertiary/aromatic N) is 2. The highest BCUT2D eigenvalue weighted by atomic mass is 15.3. The van der Waals surface area contributed by atoms with Gasteiger partial charge < -0.3 is 4.90 Å². The van der Waals surface area contributed by atoms with E-state index in [1.165, 1.54) is 61.9 Å². The molecule has 8 rings (SSSR count). The maximum atomic E-state index is 2.52. The van der Waals surface area contributed by atoms with Crippen LogP contribution >= 0.6 is 0 Å². The van der Waals surface area contributed by atoms with Gasteiger partial charge in [0, 0.05) is 29.8 Å². The van der Waals surface area contributed by atoms with Gasteiger partial charge in [-0.15, -0.1) is 0 Å². The van der Waals surface area contributed by atoms with Gasteiger partial charge >= 0.3 is 0 Å². The first kappa shape index (κ1) is 21.2. The first-order chi connectivity index (χ1) is 18.9. The molecular weight excluding hydrogens is 460 g/mol. The van der Waals surface area contributed by atoms with Gasteiger partial charge in [-0.05, 0) is 46.0 Å². The molecule has 1 aliphatic carbocycles. The SMILES string of the molecule is C1=CC2=[N+](c3cc(-c4ccccc4)cc(-c4ccccc4)c3)c3ccccc3N3c4ccccc4C(=C1)C23. The molecule has 1 unspecified atom stereocenters. The molecule has 38 heavy (non-hydrogen) atoms. The summed E-state index contributed by atoms with van der Waals surface area (Å²) in [7, 11) is 0. The maximum Gasteiger partial charge on any atom is 0.235 e. The van der Waals surface area contributed by atoms with E-state index in [-0.39, 0.29) is 6.04 Å². The zero-order valence-electron chi connectivity index (χ0n) is 20.8. The molecule has 5 aromatic rings. The van der Waals surface area contributed by atoms with Gasteiger partial charge in [0.25, 0.3) is 0 Å². The predicted molar refractivity (Wildman–Crippen MR) is 160 cm³/mol. The zero-order chi connectivity index (χ0) is 25.1. The van der Waals surface area contributed by atoms with Gasteiger partial charge in [0.2, 0.25) is 17.1 Å². The van der Waals surface area contributed by atoms with Crippen LogP contribution in [0.15, 0.2) is 146 Å². The van der Waals surface area contributed by atoms with Gasteiger partial charge in [-0.2, -0.15) is 4.58 Å². The van der Waals surface area contributed by atoms with Crippen molar-refractivity contribution in [2.24, 2.45) is 0 Å². The lowest BCUT2D eigenvalue weighted by Crippen LogP contribution is -2.43. The molecule has 0 aromatic heterocycles. The van der Waals surface area contributed by atoms with Crippen molar-refractivity contribution < 1.29 is 0 Å². The highest BCUT2D eigenvalue weighted by Gasteiger charge is 2.48. The number of anilines is 2. The first-order valence-corrected chi connectivity index (χ1v) is 13.2. The highest BCUT2D eigenvalue weighted by Crippen LogP contribution is 2.52. The van der Waals surface area contributed by atoms with Crippen molar-refractivity contribution in [1.29, 1.82) is 0 Å². The van der Waals surface area contributed by atoms with Crippen molar-refractivity contribution in [3.05, 3.63) is 151 Å². The Labute approximate surface area is 222 Å². The van der Waals surface area contributed by atoms with Crippen LogP contribution in [-0.4, -0.2) is 11.8 Å². The normalized spacial score (nSPS) is 16.6. The summed E-state index contributed by atoms with van der Waals surface area (Å²) in [5, 5.41) is 0. The molecule has 0 amide bonds. The van der Waals surface area contributed by atoms with Crippen molar-refractivity contribution in [3.63, 3.8) is 0 Å². The van der Waals surface area contributed by atoms with E-state index in [4.69, 9.17) is 0 Å². The number of hydrogen-bond acceptors (Lipinski definition) is 1. The predicted octanol–water partition coefficient (Wildman–Crippen LogP) is 8.78. The van der Waals surface area contributed by atoms with Gasteiger partial charge in [0.05, 0.1) is 5.69 Å². The second-order valence-corrected chi connectivity index (χ2v) is 10.0. The summed E-state index contributed by atoms with van der Waals surface area (Å²) in [5.41, 5.74) is 13.7. The van der Waals surface area contributed by atoms with Crippen LogP contribution in [-0.2, 0) is 0 Å². The molecule has 2 aliphatic heterocycles. The van der Waals surface area contributed by atoms with E-state index in [9.17, 15) is 0 Å². The molecule has 2 nitrogen and oxygen atoms in total. The van der Waals surface area contributed by atoms with E-state index in [1.54, 1.807) is 0 Å². The Balaban J connectivity index is 1.42. The Morgan fingerprint density at radius 1 is 0.553 bits per heavy atom. The lowest BCUT2D eigenvalue weighted by molar-refractivity contribution is 0.932. The van der Waals surface area contributed by atoms with Gasteiger partial charge in [-0.1, -0.05) is 103 Å². The summed E-state index contributed by atoms with van der Waals surface area (Å²) in [6.45, 7) is 0. The topological polar surface area (TPSA) is 6.25 Å². The van der Waals surface area contributed by atoms with E-state index in [2.05, 4.69) is 155 Å². The Hall–Kier alpha value is -4.95. The minimum atomic E-state index is 0.146. The molecular formula is C36H25N2+. The standard InChI is InChI=1S/C36H25N2/c1-3-12-25(13-4-1)27-22-28(26-14-5-2-6-15-26)24-29(23-27)37-33-19-9-10-20-34(33)38-32-18-8-7-16-30(32)31-17-11-21-35(37)36(31)38/h1-24,36H/q+1. The van der Waals surface area contributed by atoms with E-state index in [0.29, 0.717) is 0 Å². The number of hydrogen-bond donors (Lipinski definition) is 0. The number of fused-ring (bicyclic) bond motifs is 5. The third-order valence-electron chi connectivity index (χ3n) is 7.88. The number of para-hydroxylation sites is 3. The molecule has 2 heteroatoms. The second-order valence-electron chi connectivity index (χ2n) is 10.0. The average molecular weight is 486 g/mol. The molecule has 5 aromatic carbocycles. The van der Waals surface area contributed by atoms with E-state index in [1.807, 2.05) is 0 Å². The number of allylic oxidation sites excluding steroid dienone is 2. The Bertz CT molecular complexity index is 1750. The second kappa shape index (κ2) is 8.29. The van der Waals surface area contributed by atoms with E-state index < -0.39 is 0 Å². The molecule has 178 valence electrons. The summed E-state index contributed by atoms with van der Waals surface area (Å²) in [4.78, 5) is 2.52. The third kappa shape index (κ3) is 3.10. The van der Waals surface area contributed by atoms with Crippen LogP contribution < -0.4 is 9.48 Å². The summed E-state index contributed by atoms with van der Waals surface area (Å²) >= 11 is 0. The average Bonchev–Trinajstić information content (AvgIpc) is 3.34. The largest absolute Gasteiger partial charge is 0.318 e. The number of rotatable bonds is 3. The van der Waals surface area contributed by atoms with Crippen molar-refractivity contribution in [2.75, 3.05) is 4.90 Å². The zero-order valence-corrected chi connectivity index (χ0v) is 20.8. The minimum absolute atomic E-state index is 0.146. The summed E-state index contributed by atoms with van der Waals surface area (Å²) < 4.78 is 2.48. The molecule has 2 heterocycles. The molecule has 3 aliphatic rings. The monoisotopic (exact) mass is 485 g/mol. The lowest BCUT2D eigenvalue weighted by Gasteiger charge is -2.32. The Morgan fingerprint density at radius 3 is 1.87 bits per heavy atom.